The highest BCUT2D eigenvalue weighted by molar-refractivity contribution is 5.94. The Bertz CT molecular complexity index is 970. The van der Waals surface area contributed by atoms with E-state index in [2.05, 4.69) is 4.98 Å². The lowest BCUT2D eigenvalue weighted by molar-refractivity contribution is 0.0670. The maximum absolute atomic E-state index is 13.7. The number of carbonyl (C=O) groups excluding carboxylic acids is 1. The second-order valence-electron chi connectivity index (χ2n) is 7.62. The van der Waals surface area contributed by atoms with Crippen LogP contribution in [0.4, 0.5) is 0 Å². The number of methoxy groups -OCH3 is 1. The normalized spacial score (nSPS) is 13.5. The van der Waals surface area contributed by atoms with Crippen molar-refractivity contribution >= 4 is 5.91 Å². The third-order valence-corrected chi connectivity index (χ3v) is 5.57. The number of carbonyl (C=O) groups is 1. The van der Waals surface area contributed by atoms with Crippen molar-refractivity contribution in [3.63, 3.8) is 0 Å². The Morgan fingerprint density at radius 3 is 2.63 bits per heavy atom. The van der Waals surface area contributed by atoms with Crippen LogP contribution in [-0.2, 0) is 24.1 Å². The lowest BCUT2D eigenvalue weighted by Gasteiger charge is -2.21. The number of hydrogen-bond donors (Lipinski definition) is 0. The molecule has 4 rings (SSSR count). The third kappa shape index (κ3) is 4.44. The van der Waals surface area contributed by atoms with Crippen LogP contribution < -0.4 is 0 Å². The van der Waals surface area contributed by atoms with Gasteiger partial charge in [0, 0.05) is 31.1 Å². The predicted molar refractivity (Wildman–Crippen MR) is 116 cm³/mol. The third-order valence-electron chi connectivity index (χ3n) is 5.57. The number of rotatable bonds is 7. The van der Waals surface area contributed by atoms with Crippen LogP contribution in [0.25, 0.3) is 5.69 Å². The Hall–Kier alpha value is -2.99. The molecule has 0 spiro atoms. The number of hydrogen-bond acceptors (Lipinski definition) is 4. The van der Waals surface area contributed by atoms with Gasteiger partial charge in [-0.1, -0.05) is 30.7 Å². The van der Waals surface area contributed by atoms with Gasteiger partial charge in [-0.25, -0.2) is 4.68 Å². The summed E-state index contributed by atoms with van der Waals surface area (Å²) in [4.78, 5) is 19.8. The summed E-state index contributed by atoms with van der Waals surface area (Å²) in [7, 11) is 1.65. The van der Waals surface area contributed by atoms with E-state index in [0.717, 1.165) is 42.6 Å². The van der Waals surface area contributed by atoms with E-state index in [1.807, 2.05) is 53.2 Å². The highest BCUT2D eigenvalue weighted by Crippen LogP contribution is 2.27. The molecule has 156 valence electrons. The summed E-state index contributed by atoms with van der Waals surface area (Å²) in [6, 6.07) is 15.9. The maximum atomic E-state index is 13.7. The molecular weight excluding hydrogens is 376 g/mol. The van der Waals surface area contributed by atoms with E-state index in [1.54, 1.807) is 18.2 Å². The Kier molecular flexibility index (Phi) is 6.54. The van der Waals surface area contributed by atoms with Crippen LogP contribution in [-0.4, -0.2) is 45.8 Å². The van der Waals surface area contributed by atoms with Crippen LogP contribution in [0.15, 0.2) is 54.7 Å². The molecule has 0 bridgehead atoms. The number of amides is 1. The van der Waals surface area contributed by atoms with Crippen molar-refractivity contribution in [1.29, 1.82) is 0 Å². The molecule has 1 aromatic carbocycles. The van der Waals surface area contributed by atoms with Crippen LogP contribution >= 0.6 is 0 Å². The van der Waals surface area contributed by atoms with E-state index in [0.29, 0.717) is 25.4 Å². The molecule has 30 heavy (non-hydrogen) atoms. The Balaban J connectivity index is 1.71. The molecule has 0 N–H and O–H groups in total. The van der Waals surface area contributed by atoms with Crippen LogP contribution in [0.5, 0.6) is 0 Å². The summed E-state index contributed by atoms with van der Waals surface area (Å²) < 4.78 is 7.24. The highest BCUT2D eigenvalue weighted by atomic mass is 16.5. The van der Waals surface area contributed by atoms with Crippen molar-refractivity contribution in [1.82, 2.24) is 19.7 Å². The zero-order valence-corrected chi connectivity index (χ0v) is 17.5. The number of benzene rings is 1. The minimum atomic E-state index is -0.0504. The van der Waals surface area contributed by atoms with Crippen LogP contribution in [0.3, 0.4) is 0 Å². The van der Waals surface area contributed by atoms with Crippen molar-refractivity contribution in [2.45, 2.75) is 38.6 Å². The van der Waals surface area contributed by atoms with Crippen molar-refractivity contribution in [2.75, 3.05) is 20.3 Å². The quantitative estimate of drug-likeness (QED) is 0.562. The zero-order chi connectivity index (χ0) is 20.8. The SMILES string of the molecule is COCCN(Cc1ccccn1)C(=O)c1nn(-c2ccccc2)c2c1CCCCC2. The van der Waals surface area contributed by atoms with Gasteiger partial charge in [0.2, 0.25) is 0 Å². The first-order valence-corrected chi connectivity index (χ1v) is 10.6. The van der Waals surface area contributed by atoms with Gasteiger partial charge in [0.05, 0.1) is 24.5 Å². The van der Waals surface area contributed by atoms with Gasteiger partial charge in [0.25, 0.3) is 5.91 Å². The summed E-state index contributed by atoms with van der Waals surface area (Å²) in [5, 5.41) is 4.84. The first kappa shape index (κ1) is 20.3. The summed E-state index contributed by atoms with van der Waals surface area (Å²) in [5.74, 6) is -0.0504. The highest BCUT2D eigenvalue weighted by Gasteiger charge is 2.28. The molecule has 6 nitrogen and oxygen atoms in total. The van der Waals surface area contributed by atoms with Crippen LogP contribution in [0.2, 0.25) is 0 Å². The fourth-order valence-corrected chi connectivity index (χ4v) is 4.02. The molecule has 3 aromatic rings. The fourth-order valence-electron chi connectivity index (χ4n) is 4.02. The number of aromatic nitrogens is 3. The van der Waals surface area contributed by atoms with Crippen LogP contribution in [0, 0.1) is 0 Å². The van der Waals surface area contributed by atoms with E-state index in [9.17, 15) is 4.79 Å². The van der Waals surface area contributed by atoms with Crippen molar-refractivity contribution < 1.29 is 9.53 Å². The van der Waals surface area contributed by atoms with Gasteiger partial charge >= 0.3 is 0 Å². The molecule has 1 aliphatic carbocycles. The molecular formula is C24H28N4O2. The number of ether oxygens (including phenoxy) is 1. The summed E-state index contributed by atoms with van der Waals surface area (Å²) in [6.07, 6.45) is 6.99. The van der Waals surface area contributed by atoms with Gasteiger partial charge in [-0.15, -0.1) is 0 Å². The number of nitrogens with zero attached hydrogens (tertiary/aromatic N) is 4. The van der Waals surface area contributed by atoms with Crippen molar-refractivity contribution in [3.05, 3.63) is 77.4 Å². The Morgan fingerprint density at radius 2 is 1.87 bits per heavy atom. The predicted octanol–water partition coefficient (Wildman–Crippen LogP) is 3.83. The second-order valence-corrected chi connectivity index (χ2v) is 7.62. The minimum Gasteiger partial charge on any atom is -0.383 e. The van der Waals surface area contributed by atoms with Gasteiger partial charge in [-0.2, -0.15) is 5.10 Å². The molecule has 0 aliphatic heterocycles. The average molecular weight is 405 g/mol. The molecule has 0 saturated heterocycles. The van der Waals surface area contributed by atoms with Gasteiger partial charge in [-0.05, 0) is 49.9 Å². The molecule has 0 unspecified atom stereocenters. The Labute approximate surface area is 177 Å². The second kappa shape index (κ2) is 9.67. The maximum Gasteiger partial charge on any atom is 0.275 e. The van der Waals surface area contributed by atoms with Crippen LogP contribution in [0.1, 0.15) is 46.7 Å². The summed E-state index contributed by atoms with van der Waals surface area (Å²) in [6.45, 7) is 1.41. The van der Waals surface area contributed by atoms with Crippen molar-refractivity contribution in [3.8, 4) is 5.69 Å². The molecule has 0 saturated carbocycles. The molecule has 2 heterocycles. The number of pyridine rings is 1. The van der Waals surface area contributed by atoms with Crippen molar-refractivity contribution in [2.24, 2.45) is 0 Å². The number of para-hydroxylation sites is 1. The molecule has 1 aliphatic rings. The van der Waals surface area contributed by atoms with E-state index < -0.39 is 0 Å². The molecule has 6 heteroatoms. The standard InChI is InChI=1S/C24H28N4O2/c1-30-17-16-27(18-19-10-8-9-15-25-19)24(29)23-21-13-6-3-7-14-22(21)28(26-23)20-11-4-2-5-12-20/h2,4-5,8-12,15H,3,6-7,13-14,16-18H2,1H3. The lowest BCUT2D eigenvalue weighted by atomic mass is 10.1. The van der Waals surface area contributed by atoms with E-state index >= 15 is 0 Å². The topological polar surface area (TPSA) is 60.2 Å². The smallest absolute Gasteiger partial charge is 0.275 e. The molecule has 1 amide bonds. The molecule has 0 atom stereocenters. The largest absolute Gasteiger partial charge is 0.383 e. The summed E-state index contributed by atoms with van der Waals surface area (Å²) in [5.41, 5.74) is 4.71. The van der Waals surface area contributed by atoms with Gasteiger partial charge in [0.15, 0.2) is 5.69 Å². The zero-order valence-electron chi connectivity index (χ0n) is 17.5. The fraction of sp³-hybridized carbons (Fsp3) is 0.375. The van der Waals surface area contributed by atoms with E-state index in [4.69, 9.17) is 9.84 Å². The van der Waals surface area contributed by atoms with E-state index in [1.165, 1.54) is 12.1 Å². The molecule has 2 aromatic heterocycles. The molecule has 0 fully saturated rings. The number of fused-ring (bicyclic) bond motifs is 1. The van der Waals surface area contributed by atoms with E-state index in [-0.39, 0.29) is 5.91 Å². The first-order chi connectivity index (χ1) is 14.8. The summed E-state index contributed by atoms with van der Waals surface area (Å²) >= 11 is 0. The minimum absolute atomic E-state index is 0.0504. The van der Waals surface area contributed by atoms with Gasteiger partial charge in [-0.3, -0.25) is 9.78 Å². The van der Waals surface area contributed by atoms with Gasteiger partial charge in [0.1, 0.15) is 0 Å². The average Bonchev–Trinajstić information content (AvgIpc) is 2.98. The monoisotopic (exact) mass is 404 g/mol. The first-order valence-electron chi connectivity index (χ1n) is 10.6. The Morgan fingerprint density at radius 1 is 1.07 bits per heavy atom. The molecule has 0 radical (unpaired) electrons. The lowest BCUT2D eigenvalue weighted by Crippen LogP contribution is -2.34. The van der Waals surface area contributed by atoms with Gasteiger partial charge < -0.3 is 9.64 Å².